The molecule has 2 aromatic rings. The average Bonchev–Trinajstić information content (AvgIpc) is 3.51. The highest BCUT2D eigenvalue weighted by molar-refractivity contribution is 5.83. The van der Waals surface area contributed by atoms with Crippen LogP contribution in [0.5, 0.6) is 0 Å². The summed E-state index contributed by atoms with van der Waals surface area (Å²) >= 11 is 0. The van der Waals surface area contributed by atoms with Crippen molar-refractivity contribution in [1.29, 1.82) is 5.26 Å². The highest BCUT2D eigenvalue weighted by Gasteiger charge is 2.49. The molecule has 0 radical (unpaired) electrons. The van der Waals surface area contributed by atoms with E-state index in [4.69, 9.17) is 0 Å². The van der Waals surface area contributed by atoms with Gasteiger partial charge in [0.15, 0.2) is 0 Å². The smallest absolute Gasteiger partial charge is 0.336 e. The predicted molar refractivity (Wildman–Crippen MR) is 103 cm³/mol. The molecule has 2 atom stereocenters. The molecule has 3 rings (SSSR count). The van der Waals surface area contributed by atoms with E-state index in [2.05, 4.69) is 10.6 Å². The lowest BCUT2D eigenvalue weighted by atomic mass is 9.97. The van der Waals surface area contributed by atoms with Crippen molar-refractivity contribution in [2.24, 2.45) is 0 Å². The molecule has 1 amide bonds. The van der Waals surface area contributed by atoms with Crippen molar-refractivity contribution in [2.75, 3.05) is 0 Å². The molecule has 1 fully saturated rings. The molecule has 0 aliphatic heterocycles. The Morgan fingerprint density at radius 1 is 1.00 bits per heavy atom. The van der Waals surface area contributed by atoms with Crippen molar-refractivity contribution >= 4 is 5.91 Å². The number of benzene rings is 2. The molecule has 2 N–H and O–H groups in total. The van der Waals surface area contributed by atoms with Crippen molar-refractivity contribution in [3.05, 3.63) is 71.8 Å². The van der Waals surface area contributed by atoms with E-state index in [-0.39, 0.29) is 5.56 Å². The quantitative estimate of drug-likeness (QED) is 0.594. The number of hydrogen-bond donors (Lipinski definition) is 2. The monoisotopic (exact) mass is 437 g/mol. The number of nitrogens with one attached hydrogen (secondary N) is 2. The maximum absolute atomic E-state index is 14.9. The van der Waals surface area contributed by atoms with Gasteiger partial charge in [-0.25, -0.2) is 8.78 Å². The molecule has 0 aromatic heterocycles. The van der Waals surface area contributed by atoms with Crippen LogP contribution in [0.25, 0.3) is 0 Å². The number of hydrogen-bond acceptors (Lipinski definition) is 3. The molecule has 1 aliphatic rings. The van der Waals surface area contributed by atoms with Gasteiger partial charge in [0.2, 0.25) is 5.91 Å². The fourth-order valence-electron chi connectivity index (χ4n) is 3.22. The van der Waals surface area contributed by atoms with E-state index in [1.165, 1.54) is 48.5 Å². The van der Waals surface area contributed by atoms with Gasteiger partial charge in [0.25, 0.3) is 5.92 Å². The number of carbonyl (C=O) groups excluding carboxylic acids is 1. The van der Waals surface area contributed by atoms with Crippen LogP contribution in [-0.2, 0) is 10.7 Å². The molecule has 0 bridgehead atoms. The zero-order valence-electron chi connectivity index (χ0n) is 16.3. The van der Waals surface area contributed by atoms with Gasteiger partial charge >= 0.3 is 6.18 Å². The fraction of sp³-hybridized carbons (Fsp3) is 0.364. The summed E-state index contributed by atoms with van der Waals surface area (Å²) in [7, 11) is 0. The summed E-state index contributed by atoms with van der Waals surface area (Å²) in [4.78, 5) is 12.7. The molecule has 4 nitrogen and oxygen atoms in total. The lowest BCUT2D eigenvalue weighted by Crippen LogP contribution is -2.53. The van der Waals surface area contributed by atoms with E-state index in [1.54, 1.807) is 0 Å². The lowest BCUT2D eigenvalue weighted by molar-refractivity contribution is -0.163. The SMILES string of the molecule is N#CC1(NC(=O)[C@H](CC(F)(F)c2ccccc2)N[C@@H](c2ccccc2)C(F)(F)F)CC1. The van der Waals surface area contributed by atoms with Gasteiger partial charge in [-0.3, -0.25) is 10.1 Å². The van der Waals surface area contributed by atoms with Crippen molar-refractivity contribution in [2.45, 2.75) is 49.0 Å². The van der Waals surface area contributed by atoms with Gasteiger partial charge in [-0.1, -0.05) is 60.7 Å². The van der Waals surface area contributed by atoms with Gasteiger partial charge in [0.1, 0.15) is 11.6 Å². The van der Waals surface area contributed by atoms with Gasteiger partial charge in [-0.2, -0.15) is 18.4 Å². The Labute approximate surface area is 176 Å². The average molecular weight is 437 g/mol. The summed E-state index contributed by atoms with van der Waals surface area (Å²) in [5.74, 6) is -4.65. The topological polar surface area (TPSA) is 64.9 Å². The summed E-state index contributed by atoms with van der Waals surface area (Å²) in [6.07, 6.45) is -5.41. The molecule has 31 heavy (non-hydrogen) atoms. The van der Waals surface area contributed by atoms with Gasteiger partial charge in [0.05, 0.1) is 12.1 Å². The first-order valence-corrected chi connectivity index (χ1v) is 9.61. The Bertz CT molecular complexity index is 937. The second-order valence-electron chi connectivity index (χ2n) is 7.56. The van der Waals surface area contributed by atoms with Gasteiger partial charge in [-0.05, 0) is 18.4 Å². The number of nitriles is 1. The maximum atomic E-state index is 14.9. The van der Waals surface area contributed by atoms with E-state index in [0.717, 1.165) is 12.1 Å². The maximum Gasteiger partial charge on any atom is 0.407 e. The van der Waals surface area contributed by atoms with Gasteiger partial charge in [-0.15, -0.1) is 0 Å². The number of carbonyl (C=O) groups is 1. The number of halogens is 5. The van der Waals surface area contributed by atoms with Crippen LogP contribution < -0.4 is 10.6 Å². The molecule has 1 aliphatic carbocycles. The molecule has 1 saturated carbocycles. The fourth-order valence-corrected chi connectivity index (χ4v) is 3.22. The van der Waals surface area contributed by atoms with Crippen LogP contribution in [0.15, 0.2) is 60.7 Å². The van der Waals surface area contributed by atoms with Crippen LogP contribution in [-0.4, -0.2) is 23.7 Å². The van der Waals surface area contributed by atoms with Crippen molar-refractivity contribution in [1.82, 2.24) is 10.6 Å². The first kappa shape index (κ1) is 22.7. The zero-order chi connectivity index (χ0) is 22.7. The highest BCUT2D eigenvalue weighted by Crippen LogP contribution is 2.38. The van der Waals surface area contributed by atoms with E-state index >= 15 is 0 Å². The lowest BCUT2D eigenvalue weighted by Gasteiger charge is -2.30. The minimum atomic E-state index is -4.84. The van der Waals surface area contributed by atoms with Crippen molar-refractivity contribution < 1.29 is 26.7 Å². The van der Waals surface area contributed by atoms with Crippen molar-refractivity contribution in [3.8, 4) is 6.07 Å². The number of nitrogens with zero attached hydrogens (tertiary/aromatic N) is 1. The Hall–Kier alpha value is -2.99. The largest absolute Gasteiger partial charge is 0.407 e. The zero-order valence-corrected chi connectivity index (χ0v) is 16.3. The molecule has 164 valence electrons. The summed E-state index contributed by atoms with van der Waals surface area (Å²) in [5.41, 5.74) is -1.84. The van der Waals surface area contributed by atoms with E-state index in [0.29, 0.717) is 12.8 Å². The summed E-state index contributed by atoms with van der Waals surface area (Å²) in [5, 5.41) is 13.6. The number of alkyl halides is 5. The summed E-state index contributed by atoms with van der Waals surface area (Å²) < 4.78 is 71.1. The molecule has 0 unspecified atom stereocenters. The standard InChI is InChI=1S/C22H20F5N3O/c23-21(24,16-9-5-2-6-10-16)13-17(19(31)30-20(14-28)11-12-20)29-18(22(25,26)27)15-7-3-1-4-8-15/h1-10,17-18,29H,11-13H2,(H,30,31)/t17-,18-/m0/s1. The van der Waals surface area contributed by atoms with Crippen LogP contribution >= 0.6 is 0 Å². The van der Waals surface area contributed by atoms with E-state index < -0.39 is 47.6 Å². The number of amides is 1. The molecule has 9 heteroatoms. The third-order valence-electron chi connectivity index (χ3n) is 5.13. The van der Waals surface area contributed by atoms with Crippen LogP contribution in [0.1, 0.15) is 36.4 Å². The van der Waals surface area contributed by atoms with E-state index in [1.807, 2.05) is 6.07 Å². The molecular formula is C22H20F5N3O. The first-order valence-electron chi connectivity index (χ1n) is 9.61. The van der Waals surface area contributed by atoms with Crippen LogP contribution in [0.2, 0.25) is 0 Å². The molecule has 0 spiro atoms. The van der Waals surface area contributed by atoms with Crippen LogP contribution in [0.3, 0.4) is 0 Å². The second-order valence-corrected chi connectivity index (χ2v) is 7.56. The van der Waals surface area contributed by atoms with Crippen LogP contribution in [0, 0.1) is 11.3 Å². The normalized spacial score (nSPS) is 17.3. The predicted octanol–water partition coefficient (Wildman–Crippen LogP) is 4.60. The van der Waals surface area contributed by atoms with Gasteiger partial charge < -0.3 is 5.32 Å². The molecule has 2 aromatic carbocycles. The first-order chi connectivity index (χ1) is 14.6. The third-order valence-corrected chi connectivity index (χ3v) is 5.13. The Morgan fingerprint density at radius 2 is 1.55 bits per heavy atom. The minimum Gasteiger partial charge on any atom is -0.336 e. The second kappa shape index (κ2) is 8.63. The molecule has 0 heterocycles. The highest BCUT2D eigenvalue weighted by atomic mass is 19.4. The summed E-state index contributed by atoms with van der Waals surface area (Å²) in [6, 6.07) is 10.9. The van der Waals surface area contributed by atoms with Crippen molar-refractivity contribution in [3.63, 3.8) is 0 Å². The number of rotatable bonds is 8. The van der Waals surface area contributed by atoms with E-state index in [9.17, 15) is 32.0 Å². The van der Waals surface area contributed by atoms with Crippen LogP contribution in [0.4, 0.5) is 22.0 Å². The molecular weight excluding hydrogens is 417 g/mol. The summed E-state index contributed by atoms with van der Waals surface area (Å²) in [6.45, 7) is 0. The Kier molecular flexibility index (Phi) is 6.32. The Balaban J connectivity index is 1.91. The third kappa shape index (κ3) is 5.58. The minimum absolute atomic E-state index is 0.211. The van der Waals surface area contributed by atoms with Gasteiger partial charge in [0, 0.05) is 12.0 Å². The molecule has 0 saturated heterocycles. The Morgan fingerprint density at radius 3 is 2.03 bits per heavy atom.